The van der Waals surface area contributed by atoms with Crippen molar-refractivity contribution in [3.63, 3.8) is 0 Å². The van der Waals surface area contributed by atoms with E-state index in [1.54, 1.807) is 16.7 Å². The fourth-order valence-corrected chi connectivity index (χ4v) is 2.70. The van der Waals surface area contributed by atoms with Gasteiger partial charge in [0, 0.05) is 6.54 Å². The minimum absolute atomic E-state index is 0.0803. The van der Waals surface area contributed by atoms with Gasteiger partial charge in [-0.05, 0) is 26.2 Å². The summed E-state index contributed by atoms with van der Waals surface area (Å²) in [6, 6.07) is -0.526. The van der Waals surface area contributed by atoms with Crippen molar-refractivity contribution in [2.24, 2.45) is 0 Å². The van der Waals surface area contributed by atoms with Gasteiger partial charge in [-0.15, -0.1) is 5.92 Å². The molecule has 0 saturated carbocycles. The Kier molecular flexibility index (Phi) is 3.37. The first-order chi connectivity index (χ1) is 8.20. The van der Waals surface area contributed by atoms with Crippen LogP contribution < -0.4 is 0 Å². The third-order valence-corrected chi connectivity index (χ3v) is 3.58. The van der Waals surface area contributed by atoms with E-state index < -0.39 is 0 Å². The largest absolute Gasteiger partial charge is 0.329 e. The Labute approximate surface area is 102 Å². The molecule has 0 spiro atoms. The van der Waals surface area contributed by atoms with Crippen LogP contribution in [0.15, 0.2) is 0 Å². The summed E-state index contributed by atoms with van der Waals surface area (Å²) < 4.78 is 0. The van der Waals surface area contributed by atoms with E-state index in [2.05, 4.69) is 11.8 Å². The van der Waals surface area contributed by atoms with Crippen molar-refractivity contribution in [2.45, 2.75) is 45.2 Å². The molecule has 2 aliphatic rings. The van der Waals surface area contributed by atoms with Crippen LogP contribution in [0.4, 0.5) is 0 Å². The van der Waals surface area contributed by atoms with Crippen LogP contribution in [0.1, 0.15) is 33.1 Å². The Hall–Kier alpha value is -1.50. The maximum Gasteiger partial charge on any atom is 0.246 e. The lowest BCUT2D eigenvalue weighted by atomic mass is 10.0. The van der Waals surface area contributed by atoms with E-state index in [9.17, 15) is 9.59 Å². The molecule has 0 radical (unpaired) electrons. The zero-order valence-corrected chi connectivity index (χ0v) is 10.4. The molecule has 2 amide bonds. The van der Waals surface area contributed by atoms with Crippen molar-refractivity contribution in [2.75, 3.05) is 13.1 Å². The van der Waals surface area contributed by atoms with Crippen LogP contribution in [-0.2, 0) is 9.59 Å². The van der Waals surface area contributed by atoms with E-state index in [1.807, 2.05) is 6.92 Å². The van der Waals surface area contributed by atoms with Gasteiger partial charge in [-0.2, -0.15) is 0 Å². The van der Waals surface area contributed by atoms with E-state index in [1.165, 1.54) is 0 Å². The second kappa shape index (κ2) is 4.79. The molecule has 2 atom stereocenters. The van der Waals surface area contributed by atoms with Gasteiger partial charge < -0.3 is 9.80 Å². The Morgan fingerprint density at radius 1 is 1.35 bits per heavy atom. The second-order valence-corrected chi connectivity index (χ2v) is 4.51. The zero-order valence-electron chi connectivity index (χ0n) is 10.4. The van der Waals surface area contributed by atoms with Crippen molar-refractivity contribution in [3.8, 4) is 11.8 Å². The molecule has 2 heterocycles. The third kappa shape index (κ3) is 1.90. The molecule has 4 heteroatoms. The quantitative estimate of drug-likeness (QED) is 0.657. The Bertz CT molecular complexity index is 394. The molecule has 0 bridgehead atoms. The number of carbonyl (C=O) groups is 2. The molecule has 92 valence electrons. The van der Waals surface area contributed by atoms with Gasteiger partial charge in [0.2, 0.25) is 11.8 Å². The van der Waals surface area contributed by atoms with Crippen molar-refractivity contribution in [1.29, 1.82) is 0 Å². The number of rotatable bonds is 2. The molecule has 2 aliphatic heterocycles. The molecule has 2 unspecified atom stereocenters. The van der Waals surface area contributed by atoms with Gasteiger partial charge >= 0.3 is 0 Å². The van der Waals surface area contributed by atoms with Crippen molar-refractivity contribution >= 4 is 11.8 Å². The predicted octanol–water partition coefficient (Wildman–Crippen LogP) is 0.621. The van der Waals surface area contributed by atoms with E-state index in [0.29, 0.717) is 13.0 Å². The summed E-state index contributed by atoms with van der Waals surface area (Å²) in [4.78, 5) is 27.9. The summed E-state index contributed by atoms with van der Waals surface area (Å²) >= 11 is 0. The highest BCUT2D eigenvalue weighted by molar-refractivity contribution is 5.97. The first-order valence-electron chi connectivity index (χ1n) is 6.21. The van der Waals surface area contributed by atoms with Crippen LogP contribution in [0.3, 0.4) is 0 Å². The van der Waals surface area contributed by atoms with Crippen molar-refractivity contribution in [1.82, 2.24) is 9.80 Å². The summed E-state index contributed by atoms with van der Waals surface area (Å²) in [5.74, 6) is 5.87. The molecule has 2 fully saturated rings. The fraction of sp³-hybridized carbons (Fsp3) is 0.692. The number of carbonyl (C=O) groups excluding carboxylic acids is 2. The monoisotopic (exact) mass is 234 g/mol. The van der Waals surface area contributed by atoms with Gasteiger partial charge in [-0.1, -0.05) is 12.8 Å². The molecule has 2 rings (SSSR count). The average Bonchev–Trinajstić information content (AvgIpc) is 2.81. The second-order valence-electron chi connectivity index (χ2n) is 4.51. The van der Waals surface area contributed by atoms with Crippen molar-refractivity contribution < 1.29 is 9.59 Å². The number of amides is 2. The molecular formula is C13H18N2O2. The maximum absolute atomic E-state index is 12.3. The summed E-state index contributed by atoms with van der Waals surface area (Å²) in [6.45, 7) is 4.81. The van der Waals surface area contributed by atoms with Gasteiger partial charge in [0.15, 0.2) is 0 Å². The first-order valence-corrected chi connectivity index (χ1v) is 6.21. The van der Waals surface area contributed by atoms with Gasteiger partial charge in [-0.3, -0.25) is 9.59 Å². The maximum atomic E-state index is 12.3. The fourth-order valence-electron chi connectivity index (χ4n) is 2.70. The van der Waals surface area contributed by atoms with E-state index in [4.69, 9.17) is 0 Å². The lowest BCUT2D eigenvalue weighted by Gasteiger charge is -2.41. The summed E-state index contributed by atoms with van der Waals surface area (Å²) in [5, 5.41) is 0. The first kappa shape index (κ1) is 12.0. The molecule has 17 heavy (non-hydrogen) atoms. The molecule has 0 N–H and O–H groups in total. The lowest BCUT2D eigenvalue weighted by Crippen LogP contribution is -2.62. The minimum Gasteiger partial charge on any atom is -0.329 e. The van der Waals surface area contributed by atoms with Crippen LogP contribution in [0.2, 0.25) is 0 Å². The predicted molar refractivity (Wildman–Crippen MR) is 64.0 cm³/mol. The molecule has 4 nitrogen and oxygen atoms in total. The normalized spacial score (nSPS) is 27.9. The van der Waals surface area contributed by atoms with Crippen LogP contribution in [0.5, 0.6) is 0 Å². The Morgan fingerprint density at radius 2 is 2.12 bits per heavy atom. The number of nitrogens with zero attached hydrogens (tertiary/aromatic N) is 2. The molecular weight excluding hydrogens is 216 g/mol. The number of fused-ring (bicyclic) bond motifs is 1. The van der Waals surface area contributed by atoms with Gasteiger partial charge in [0.1, 0.15) is 12.1 Å². The standard InChI is InChI=1S/C13H18N2O2/c1-3-5-8-14-10(4-2)12(16)15-9-6-7-11(15)13(14)17/h10-11H,4,6-9H2,1-2H3. The highest BCUT2D eigenvalue weighted by atomic mass is 16.2. The molecule has 0 aromatic heterocycles. The van der Waals surface area contributed by atoms with Gasteiger partial charge in [0.25, 0.3) is 0 Å². The summed E-state index contributed by atoms with van der Waals surface area (Å²) in [6.07, 6.45) is 2.40. The minimum atomic E-state index is -0.308. The van der Waals surface area contributed by atoms with Gasteiger partial charge in [0.05, 0.1) is 6.54 Å². The average molecular weight is 234 g/mol. The Morgan fingerprint density at radius 3 is 2.76 bits per heavy atom. The Balaban J connectivity index is 2.25. The summed E-state index contributed by atoms with van der Waals surface area (Å²) in [5.41, 5.74) is 0. The summed E-state index contributed by atoms with van der Waals surface area (Å²) in [7, 11) is 0. The molecule has 0 aliphatic carbocycles. The smallest absolute Gasteiger partial charge is 0.246 e. The molecule has 0 aromatic carbocycles. The zero-order chi connectivity index (χ0) is 12.4. The SMILES string of the molecule is CC#CCN1C(=O)C2CCCN2C(=O)C1CC. The highest BCUT2D eigenvalue weighted by Gasteiger charge is 2.46. The number of hydrogen-bond acceptors (Lipinski definition) is 2. The van der Waals surface area contributed by atoms with Crippen LogP contribution in [0, 0.1) is 11.8 Å². The van der Waals surface area contributed by atoms with Crippen LogP contribution >= 0.6 is 0 Å². The van der Waals surface area contributed by atoms with Crippen LogP contribution in [0.25, 0.3) is 0 Å². The van der Waals surface area contributed by atoms with E-state index in [0.717, 1.165) is 19.4 Å². The number of piperazine rings is 1. The highest BCUT2D eigenvalue weighted by Crippen LogP contribution is 2.27. The molecule has 2 saturated heterocycles. The van der Waals surface area contributed by atoms with E-state index in [-0.39, 0.29) is 23.9 Å². The topological polar surface area (TPSA) is 40.6 Å². The van der Waals surface area contributed by atoms with Crippen LogP contribution in [-0.4, -0.2) is 46.8 Å². The van der Waals surface area contributed by atoms with E-state index >= 15 is 0 Å². The number of hydrogen-bond donors (Lipinski definition) is 0. The van der Waals surface area contributed by atoms with Gasteiger partial charge in [-0.25, -0.2) is 0 Å². The molecule has 0 aromatic rings. The third-order valence-electron chi connectivity index (χ3n) is 3.58. The van der Waals surface area contributed by atoms with Crippen molar-refractivity contribution in [3.05, 3.63) is 0 Å². The lowest BCUT2D eigenvalue weighted by molar-refractivity contribution is -0.158.